The number of anilines is 1. The number of carbonyl (C=O) groups excluding carboxylic acids is 1. The molecule has 0 unspecified atom stereocenters. The Kier molecular flexibility index (Phi) is 7.09. The number of nitrogens with zero attached hydrogens (tertiary/aromatic N) is 5. The van der Waals surface area contributed by atoms with E-state index in [1.54, 1.807) is 6.20 Å². The normalized spacial score (nSPS) is 14.2. The highest BCUT2D eigenvalue weighted by molar-refractivity contribution is 7.99. The summed E-state index contributed by atoms with van der Waals surface area (Å²) in [7, 11) is 0. The third-order valence-corrected chi connectivity index (χ3v) is 6.40. The molecule has 1 fully saturated rings. The molecule has 0 radical (unpaired) electrons. The topological polar surface area (TPSA) is 75.4 Å². The van der Waals surface area contributed by atoms with Gasteiger partial charge in [0.1, 0.15) is 5.82 Å². The van der Waals surface area contributed by atoms with Crippen molar-refractivity contribution in [2.75, 3.05) is 31.1 Å². The van der Waals surface area contributed by atoms with Crippen LogP contribution >= 0.6 is 11.8 Å². The van der Waals surface area contributed by atoms with Crippen molar-refractivity contribution in [3.63, 3.8) is 0 Å². The van der Waals surface area contributed by atoms with Gasteiger partial charge in [0.05, 0.1) is 6.42 Å². The molecule has 32 heavy (non-hydrogen) atoms. The Balaban J connectivity index is 1.29. The second-order valence-corrected chi connectivity index (χ2v) is 9.78. The van der Waals surface area contributed by atoms with E-state index < -0.39 is 0 Å². The Hall–Kier alpha value is -2.87. The fraction of sp³-hybridized carbons (Fsp3) is 0.417. The Morgan fingerprint density at radius 1 is 1.09 bits per heavy atom. The van der Waals surface area contributed by atoms with E-state index in [1.807, 2.05) is 35.7 Å². The number of aryl methyl sites for hydroxylation is 1. The number of thioether (sulfide) groups is 1. The average molecular weight is 452 g/mol. The molecule has 1 amide bonds. The highest BCUT2D eigenvalue weighted by Crippen LogP contribution is 2.23. The van der Waals surface area contributed by atoms with Crippen molar-refractivity contribution in [1.82, 2.24) is 20.0 Å². The summed E-state index contributed by atoms with van der Waals surface area (Å²) in [4.78, 5) is 27.1. The maximum Gasteiger partial charge on any atom is 0.227 e. The second kappa shape index (κ2) is 10.2. The molecule has 0 N–H and O–H groups in total. The van der Waals surface area contributed by atoms with Crippen molar-refractivity contribution in [3.05, 3.63) is 54.0 Å². The van der Waals surface area contributed by atoms with E-state index in [-0.39, 0.29) is 5.91 Å². The fourth-order valence-corrected chi connectivity index (χ4v) is 4.49. The number of carbonyl (C=O) groups is 1. The molecule has 1 aliphatic rings. The molecular formula is C24H29N5O2S. The Morgan fingerprint density at radius 3 is 2.44 bits per heavy atom. The first-order chi connectivity index (χ1) is 15.5. The second-order valence-electron chi connectivity index (χ2n) is 8.13. The lowest BCUT2D eigenvalue weighted by Gasteiger charge is -2.35. The number of amides is 1. The van der Waals surface area contributed by atoms with Crippen LogP contribution in [0.2, 0.25) is 0 Å². The zero-order valence-corrected chi connectivity index (χ0v) is 19.6. The summed E-state index contributed by atoms with van der Waals surface area (Å²) < 4.78 is 5.17. The Bertz CT molecular complexity index is 1030. The molecule has 0 spiro atoms. The number of piperazine rings is 1. The number of benzene rings is 1. The van der Waals surface area contributed by atoms with Crippen molar-refractivity contribution in [2.24, 2.45) is 0 Å². The lowest BCUT2D eigenvalue weighted by Crippen LogP contribution is -2.49. The van der Waals surface area contributed by atoms with E-state index in [1.165, 1.54) is 4.90 Å². The molecule has 0 saturated carbocycles. The van der Waals surface area contributed by atoms with Gasteiger partial charge in [0.25, 0.3) is 0 Å². The first-order valence-electron chi connectivity index (χ1n) is 11.1. The van der Waals surface area contributed by atoms with Gasteiger partial charge in [0.15, 0.2) is 0 Å². The molecule has 2 aromatic heterocycles. The number of aromatic nitrogens is 3. The minimum absolute atomic E-state index is 0.182. The molecule has 0 aliphatic carbocycles. The summed E-state index contributed by atoms with van der Waals surface area (Å²) in [5.41, 5.74) is 1.90. The van der Waals surface area contributed by atoms with Crippen LogP contribution in [0.3, 0.4) is 0 Å². The zero-order chi connectivity index (χ0) is 22.5. The van der Waals surface area contributed by atoms with Crippen LogP contribution < -0.4 is 4.90 Å². The third-order valence-electron chi connectivity index (χ3n) is 5.38. The van der Waals surface area contributed by atoms with Crippen molar-refractivity contribution in [3.8, 4) is 11.4 Å². The van der Waals surface area contributed by atoms with E-state index in [9.17, 15) is 4.79 Å². The van der Waals surface area contributed by atoms with E-state index in [4.69, 9.17) is 4.52 Å². The van der Waals surface area contributed by atoms with Gasteiger partial charge in [0.2, 0.25) is 17.6 Å². The average Bonchev–Trinajstić information content (AvgIpc) is 3.30. The van der Waals surface area contributed by atoms with Gasteiger partial charge in [-0.15, -0.1) is 11.8 Å². The van der Waals surface area contributed by atoms with E-state index in [0.29, 0.717) is 42.9 Å². The molecule has 3 heterocycles. The van der Waals surface area contributed by atoms with Crippen LogP contribution in [0.1, 0.15) is 32.2 Å². The number of rotatable bonds is 7. The van der Waals surface area contributed by atoms with Crippen LogP contribution in [0.15, 0.2) is 52.0 Å². The summed E-state index contributed by atoms with van der Waals surface area (Å²) in [5.74, 6) is 2.27. The molecule has 1 saturated heterocycles. The molecule has 3 aromatic rings. The summed E-state index contributed by atoms with van der Waals surface area (Å²) >= 11 is 1.84. The predicted octanol–water partition coefficient (Wildman–Crippen LogP) is 4.09. The van der Waals surface area contributed by atoms with E-state index in [0.717, 1.165) is 30.0 Å². The van der Waals surface area contributed by atoms with E-state index in [2.05, 4.69) is 58.1 Å². The van der Waals surface area contributed by atoms with Crippen LogP contribution in [0, 0.1) is 0 Å². The van der Waals surface area contributed by atoms with Crippen LogP contribution in [0.5, 0.6) is 0 Å². The summed E-state index contributed by atoms with van der Waals surface area (Å²) in [5, 5.41) is 4.55. The SMILES string of the molecule is CCc1nc(-c2ccc(N3CCN(C(=O)Cc4ccc(SC(C)C)cc4)CC3)nc2)no1. The molecule has 1 aliphatic heterocycles. The van der Waals surface area contributed by atoms with Gasteiger partial charge in [-0.05, 0) is 29.8 Å². The first-order valence-corrected chi connectivity index (χ1v) is 12.0. The number of pyridine rings is 1. The molecule has 168 valence electrons. The molecule has 0 atom stereocenters. The zero-order valence-electron chi connectivity index (χ0n) is 18.8. The van der Waals surface area contributed by atoms with Gasteiger partial charge in [-0.1, -0.05) is 38.1 Å². The largest absolute Gasteiger partial charge is 0.353 e. The third kappa shape index (κ3) is 5.48. The molecule has 8 heteroatoms. The van der Waals surface area contributed by atoms with Gasteiger partial charge >= 0.3 is 0 Å². The Morgan fingerprint density at radius 2 is 1.84 bits per heavy atom. The quantitative estimate of drug-likeness (QED) is 0.501. The summed E-state index contributed by atoms with van der Waals surface area (Å²) in [6.45, 7) is 9.28. The molecule has 0 bridgehead atoms. The van der Waals surface area contributed by atoms with Crippen LogP contribution in [0.4, 0.5) is 5.82 Å². The van der Waals surface area contributed by atoms with E-state index >= 15 is 0 Å². The summed E-state index contributed by atoms with van der Waals surface area (Å²) in [6, 6.07) is 12.3. The smallest absolute Gasteiger partial charge is 0.227 e. The predicted molar refractivity (Wildman–Crippen MR) is 127 cm³/mol. The van der Waals surface area contributed by atoms with Gasteiger partial charge < -0.3 is 14.3 Å². The summed E-state index contributed by atoms with van der Waals surface area (Å²) in [6.07, 6.45) is 2.94. The first kappa shape index (κ1) is 22.3. The molecular weight excluding hydrogens is 422 g/mol. The van der Waals surface area contributed by atoms with Gasteiger partial charge in [0, 0.05) is 54.5 Å². The highest BCUT2D eigenvalue weighted by Gasteiger charge is 2.22. The standard InChI is InChI=1S/C24H29N5O2S/c1-4-22-26-24(27-31-22)19-7-10-21(25-16-19)28-11-13-29(14-12-28)23(30)15-18-5-8-20(9-6-18)32-17(2)3/h5-10,16-17H,4,11-15H2,1-3H3. The minimum atomic E-state index is 0.182. The van der Waals surface area contributed by atoms with Crippen molar-refractivity contribution in [2.45, 2.75) is 43.8 Å². The lowest BCUT2D eigenvalue weighted by molar-refractivity contribution is -0.130. The van der Waals surface area contributed by atoms with Crippen LogP contribution in [-0.4, -0.2) is 57.4 Å². The fourth-order valence-electron chi connectivity index (χ4n) is 3.65. The Labute approximate surface area is 193 Å². The van der Waals surface area contributed by atoms with Crippen molar-refractivity contribution >= 4 is 23.5 Å². The van der Waals surface area contributed by atoms with Gasteiger partial charge in [-0.2, -0.15) is 4.98 Å². The maximum absolute atomic E-state index is 12.8. The minimum Gasteiger partial charge on any atom is -0.353 e. The molecule has 4 rings (SSSR count). The lowest BCUT2D eigenvalue weighted by atomic mass is 10.1. The van der Waals surface area contributed by atoms with Gasteiger partial charge in [-0.25, -0.2) is 4.98 Å². The van der Waals surface area contributed by atoms with Crippen molar-refractivity contribution in [1.29, 1.82) is 0 Å². The monoisotopic (exact) mass is 451 g/mol. The van der Waals surface area contributed by atoms with Crippen molar-refractivity contribution < 1.29 is 9.32 Å². The van der Waals surface area contributed by atoms with Crippen LogP contribution in [0.25, 0.3) is 11.4 Å². The molecule has 7 nitrogen and oxygen atoms in total. The number of hydrogen-bond acceptors (Lipinski definition) is 7. The number of hydrogen-bond donors (Lipinski definition) is 0. The van der Waals surface area contributed by atoms with Crippen LogP contribution in [-0.2, 0) is 17.6 Å². The molecule has 1 aromatic carbocycles. The maximum atomic E-state index is 12.8. The highest BCUT2D eigenvalue weighted by atomic mass is 32.2. The van der Waals surface area contributed by atoms with Gasteiger partial charge in [-0.3, -0.25) is 4.79 Å².